The van der Waals surface area contributed by atoms with Crippen LogP contribution < -0.4 is 14.9 Å². The van der Waals surface area contributed by atoms with Crippen molar-refractivity contribution in [3.8, 4) is 11.4 Å². The normalized spacial score (nSPS) is 19.6. The van der Waals surface area contributed by atoms with Crippen LogP contribution in [0.25, 0.3) is 11.4 Å². The molecule has 2 aliphatic rings. The smallest absolute Gasteiger partial charge is 0.369 e. The number of hydrogen-bond acceptors (Lipinski definition) is 7. The predicted molar refractivity (Wildman–Crippen MR) is 197 cm³/mol. The maximum Gasteiger partial charge on any atom is 0.399 e. The Morgan fingerprint density at radius 2 is 1.58 bits per heavy atom. The van der Waals surface area contributed by atoms with Crippen LogP contribution in [0.3, 0.4) is 0 Å². The number of piperidine rings is 1. The molecule has 7 nitrogen and oxygen atoms in total. The largest absolute Gasteiger partial charge is 0.399 e. The van der Waals surface area contributed by atoms with Gasteiger partial charge in [-0.2, -0.15) is 13.2 Å². The van der Waals surface area contributed by atoms with Gasteiger partial charge >= 0.3 is 6.18 Å². The van der Waals surface area contributed by atoms with E-state index >= 15 is 0 Å². The molecule has 12 heteroatoms. The first kappa shape index (κ1) is 38.1. The van der Waals surface area contributed by atoms with Gasteiger partial charge in [-0.25, -0.2) is 9.97 Å². The molecule has 3 heterocycles. The second-order valence-electron chi connectivity index (χ2n) is 14.9. The molecule has 1 aromatic carbocycles. The Bertz CT molecular complexity index is 1540. The Balaban J connectivity index is 1.18. The number of halogens is 3. The zero-order valence-corrected chi connectivity index (χ0v) is 31.2. The van der Waals surface area contributed by atoms with Gasteiger partial charge in [0.1, 0.15) is 11.8 Å². The number of amides is 2. The Labute approximate surface area is 302 Å². The molecular formula is C38H50F3N5O2S2. The maximum atomic E-state index is 13.1. The highest BCUT2D eigenvalue weighted by atomic mass is 32.2. The van der Waals surface area contributed by atoms with Gasteiger partial charge in [0.05, 0.1) is 23.0 Å². The molecule has 0 bridgehead atoms. The second kappa shape index (κ2) is 16.9. The van der Waals surface area contributed by atoms with E-state index in [2.05, 4.69) is 31.8 Å². The molecule has 1 saturated heterocycles. The molecule has 2 amide bonds. The molecule has 50 heavy (non-hydrogen) atoms. The summed E-state index contributed by atoms with van der Waals surface area (Å²) in [6.07, 6.45) is 10.1. The highest BCUT2D eigenvalue weighted by molar-refractivity contribution is 7.98. The summed E-state index contributed by atoms with van der Waals surface area (Å²) < 4.78 is 40.5. The minimum absolute atomic E-state index is 0.0951. The number of alkyl halides is 3. The number of carbonyl (C=O) groups is 2. The van der Waals surface area contributed by atoms with Crippen LogP contribution in [0.1, 0.15) is 99.2 Å². The fourth-order valence-electron chi connectivity index (χ4n) is 7.21. The summed E-state index contributed by atoms with van der Waals surface area (Å²) in [6.45, 7) is 10.5. The molecule has 0 radical (unpaired) electrons. The quantitative estimate of drug-likeness (QED) is 0.181. The number of thiophene rings is 1. The summed E-state index contributed by atoms with van der Waals surface area (Å²) in [5, 5.41) is 2.74. The topological polar surface area (TPSA) is 87.2 Å². The van der Waals surface area contributed by atoms with Crippen molar-refractivity contribution < 1.29 is 22.8 Å². The van der Waals surface area contributed by atoms with Crippen LogP contribution in [-0.2, 0) is 16.6 Å². The third-order valence-electron chi connectivity index (χ3n) is 10.0. The summed E-state index contributed by atoms with van der Waals surface area (Å²) >= 11 is 1.59. The predicted octanol–water partition coefficient (Wildman–Crippen LogP) is 8.99. The first-order chi connectivity index (χ1) is 23.8. The van der Waals surface area contributed by atoms with E-state index in [4.69, 9.17) is 0 Å². The molecule has 1 atom stereocenters. The standard InChI is InChI=1S/C38H50F3N5O2S2/c1-5-6-25-7-11-27(12-8-25)28-17-19-46(20-18-28)30-22-42-34(43-23-30)29-13-9-26(10-14-29)21-31(35(47)45-49-24-38(39,40)41)44-36(48)32-15-16-33(50-32)37(2,3)4/h9-10,13-16,22-23,25,27-28,31H,5-8,11-12,17-21,24H2,1-4H3,(H,44,48)(H,45,47). The first-order valence-electron chi connectivity index (χ1n) is 17.8. The lowest BCUT2D eigenvalue weighted by Crippen LogP contribution is -2.46. The number of nitrogens with zero attached hydrogens (tertiary/aromatic N) is 3. The van der Waals surface area contributed by atoms with E-state index in [-0.39, 0.29) is 23.8 Å². The Morgan fingerprint density at radius 3 is 2.16 bits per heavy atom. The van der Waals surface area contributed by atoms with Gasteiger partial charge < -0.3 is 10.2 Å². The van der Waals surface area contributed by atoms with Crippen molar-refractivity contribution in [2.75, 3.05) is 23.7 Å². The van der Waals surface area contributed by atoms with Crippen LogP contribution >= 0.6 is 23.3 Å². The van der Waals surface area contributed by atoms with Crippen LogP contribution in [0.2, 0.25) is 0 Å². The van der Waals surface area contributed by atoms with E-state index in [0.29, 0.717) is 10.7 Å². The van der Waals surface area contributed by atoms with Gasteiger partial charge in [0.15, 0.2) is 5.82 Å². The number of benzene rings is 1. The molecule has 1 aliphatic heterocycles. The van der Waals surface area contributed by atoms with Crippen molar-refractivity contribution >= 4 is 40.8 Å². The lowest BCUT2D eigenvalue weighted by atomic mass is 9.72. The summed E-state index contributed by atoms with van der Waals surface area (Å²) in [5.74, 6) is 0.840. The summed E-state index contributed by atoms with van der Waals surface area (Å²) in [5.41, 5.74) is 2.42. The number of anilines is 1. The number of rotatable bonds is 12. The lowest BCUT2D eigenvalue weighted by Gasteiger charge is -2.39. The van der Waals surface area contributed by atoms with Gasteiger partial charge in [0.25, 0.3) is 11.8 Å². The summed E-state index contributed by atoms with van der Waals surface area (Å²) in [7, 11) is 0. The van der Waals surface area contributed by atoms with E-state index in [0.717, 1.165) is 52.5 Å². The molecule has 5 rings (SSSR count). The van der Waals surface area contributed by atoms with Crippen LogP contribution in [0.4, 0.5) is 18.9 Å². The molecule has 272 valence electrons. The van der Waals surface area contributed by atoms with Crippen molar-refractivity contribution in [2.45, 2.75) is 103 Å². The minimum Gasteiger partial charge on any atom is -0.369 e. The Kier molecular flexibility index (Phi) is 12.9. The highest BCUT2D eigenvalue weighted by Crippen LogP contribution is 2.40. The number of aromatic nitrogens is 2. The third-order valence-corrected chi connectivity index (χ3v) is 12.4. The van der Waals surface area contributed by atoms with E-state index in [1.165, 1.54) is 62.7 Å². The molecule has 0 spiro atoms. The van der Waals surface area contributed by atoms with Crippen LogP contribution in [0.5, 0.6) is 0 Å². The van der Waals surface area contributed by atoms with Gasteiger partial charge in [-0.3, -0.25) is 14.3 Å². The zero-order chi connectivity index (χ0) is 35.9. The number of hydrogen-bond donors (Lipinski definition) is 2. The molecule has 1 aliphatic carbocycles. The molecule has 1 unspecified atom stereocenters. The van der Waals surface area contributed by atoms with Crippen molar-refractivity contribution in [3.63, 3.8) is 0 Å². The molecule has 1 saturated carbocycles. The number of nitrogens with one attached hydrogen (secondary N) is 2. The summed E-state index contributed by atoms with van der Waals surface area (Å²) in [4.78, 5) is 39.3. The summed E-state index contributed by atoms with van der Waals surface area (Å²) in [6, 6.07) is 9.87. The van der Waals surface area contributed by atoms with E-state index in [1.54, 1.807) is 6.07 Å². The average molecular weight is 730 g/mol. The van der Waals surface area contributed by atoms with Crippen LogP contribution in [0.15, 0.2) is 48.8 Å². The minimum atomic E-state index is -4.43. The SMILES string of the molecule is CCCC1CCC(C2CCN(c3cnc(-c4ccc(CC(NC(=O)c5ccc(C(C)(C)C)s5)C(=O)NSCC(F)(F)F)cc4)nc3)CC2)CC1. The molecule has 2 N–H and O–H groups in total. The monoisotopic (exact) mass is 729 g/mol. The van der Waals surface area contributed by atoms with Crippen molar-refractivity contribution in [1.82, 2.24) is 20.0 Å². The van der Waals surface area contributed by atoms with Gasteiger partial charge in [-0.15, -0.1) is 11.3 Å². The van der Waals surface area contributed by atoms with E-state index < -0.39 is 29.8 Å². The highest BCUT2D eigenvalue weighted by Gasteiger charge is 2.31. The van der Waals surface area contributed by atoms with Crippen molar-refractivity contribution in [2.24, 2.45) is 17.8 Å². The fourth-order valence-corrected chi connectivity index (χ4v) is 8.69. The van der Waals surface area contributed by atoms with Crippen molar-refractivity contribution in [1.29, 1.82) is 0 Å². The van der Waals surface area contributed by atoms with Gasteiger partial charge in [0, 0.05) is 30.0 Å². The van der Waals surface area contributed by atoms with E-state index in [1.807, 2.05) is 63.5 Å². The number of carbonyl (C=O) groups excluding carboxylic acids is 2. The maximum absolute atomic E-state index is 13.1. The third kappa shape index (κ3) is 10.7. The lowest BCUT2D eigenvalue weighted by molar-refractivity contribution is -0.121. The molecular weight excluding hydrogens is 680 g/mol. The van der Waals surface area contributed by atoms with Gasteiger partial charge in [-0.05, 0) is 78.5 Å². The van der Waals surface area contributed by atoms with E-state index in [9.17, 15) is 22.8 Å². The second-order valence-corrected chi connectivity index (χ2v) is 16.7. The fraction of sp³-hybridized carbons (Fsp3) is 0.579. The van der Waals surface area contributed by atoms with Gasteiger partial charge in [-0.1, -0.05) is 77.6 Å². The Hall–Kier alpha value is -3.12. The van der Waals surface area contributed by atoms with Crippen LogP contribution in [0, 0.1) is 17.8 Å². The molecule has 3 aromatic rings. The van der Waals surface area contributed by atoms with Gasteiger partial charge in [0.2, 0.25) is 0 Å². The molecule has 2 fully saturated rings. The zero-order valence-electron chi connectivity index (χ0n) is 29.5. The first-order valence-corrected chi connectivity index (χ1v) is 19.6. The van der Waals surface area contributed by atoms with Crippen LogP contribution in [-0.4, -0.2) is 52.8 Å². The average Bonchev–Trinajstić information content (AvgIpc) is 3.60. The molecule has 2 aromatic heterocycles. The Morgan fingerprint density at radius 1 is 0.940 bits per heavy atom. The van der Waals surface area contributed by atoms with Crippen molar-refractivity contribution in [3.05, 3.63) is 64.1 Å².